The van der Waals surface area contributed by atoms with Gasteiger partial charge in [-0.2, -0.15) is 5.26 Å². The van der Waals surface area contributed by atoms with Gasteiger partial charge in [0.25, 0.3) is 5.91 Å². The molecule has 1 unspecified atom stereocenters. The topological polar surface area (TPSA) is 142 Å². The molecule has 1 aliphatic heterocycles. The van der Waals surface area contributed by atoms with Crippen LogP contribution in [0.4, 0.5) is 10.2 Å². The van der Waals surface area contributed by atoms with Crippen LogP contribution < -0.4 is 11.1 Å². The number of hydrogen-bond donors (Lipinski definition) is 2. The van der Waals surface area contributed by atoms with Crippen molar-refractivity contribution in [2.45, 2.75) is 25.3 Å². The number of nitrogens with zero attached hydrogens (tertiary/aromatic N) is 6. The minimum Gasteiger partial charge on any atom is -0.365 e. The van der Waals surface area contributed by atoms with Gasteiger partial charge in [0, 0.05) is 31.5 Å². The van der Waals surface area contributed by atoms with Gasteiger partial charge in [-0.25, -0.2) is 19.3 Å². The first-order chi connectivity index (χ1) is 15.0. The van der Waals surface area contributed by atoms with Crippen LogP contribution in [0.25, 0.3) is 17.2 Å². The zero-order valence-corrected chi connectivity index (χ0v) is 16.5. The number of amides is 2. The van der Waals surface area contributed by atoms with Gasteiger partial charge in [0.15, 0.2) is 5.82 Å². The predicted octanol–water partition coefficient (Wildman–Crippen LogP) is 1.35. The summed E-state index contributed by atoms with van der Waals surface area (Å²) in [5.74, 6) is -0.919. The van der Waals surface area contributed by atoms with Crippen LogP contribution >= 0.6 is 0 Å². The molecule has 2 amide bonds. The van der Waals surface area contributed by atoms with E-state index in [2.05, 4.69) is 20.3 Å². The van der Waals surface area contributed by atoms with Crippen LogP contribution in [0, 0.1) is 17.1 Å². The first-order valence-electron chi connectivity index (χ1n) is 9.67. The minimum absolute atomic E-state index is 0.101. The maximum absolute atomic E-state index is 13.7. The Labute approximate surface area is 176 Å². The maximum atomic E-state index is 13.7. The highest BCUT2D eigenvalue weighted by Crippen LogP contribution is 2.23. The molecule has 4 heterocycles. The molecular weight excluding hydrogens is 403 g/mol. The molecule has 1 fully saturated rings. The Morgan fingerprint density at radius 1 is 1.32 bits per heavy atom. The standard InChI is InChI=1S/C20H19FN8O2/c21-12-3-4-16-24-9-15(29(16)10-12)20-25-8-14(18(23)31)19(27-20)26-13-2-1-7-28(11-13)17(30)5-6-22/h3-4,8-10,13H,1-2,5,7,11H2,(H2,23,31)(H,25,26,27). The molecule has 0 aromatic carbocycles. The fraction of sp³-hybridized carbons (Fsp3) is 0.300. The third-order valence-corrected chi connectivity index (χ3v) is 5.10. The molecule has 3 aromatic rings. The van der Waals surface area contributed by atoms with Gasteiger partial charge >= 0.3 is 0 Å². The molecule has 0 saturated carbocycles. The Hall–Kier alpha value is -4.07. The number of carbonyl (C=O) groups excluding carboxylic acids is 2. The van der Waals surface area contributed by atoms with Gasteiger partial charge in [0.2, 0.25) is 5.91 Å². The summed E-state index contributed by atoms with van der Waals surface area (Å²) in [6.45, 7) is 0.947. The maximum Gasteiger partial charge on any atom is 0.254 e. The number of aromatic nitrogens is 4. The van der Waals surface area contributed by atoms with Gasteiger partial charge in [0.05, 0.1) is 17.8 Å². The molecule has 0 radical (unpaired) electrons. The molecule has 1 atom stereocenters. The van der Waals surface area contributed by atoms with Crippen LogP contribution in [-0.4, -0.2) is 55.2 Å². The fourth-order valence-corrected chi connectivity index (χ4v) is 3.61. The molecule has 0 bridgehead atoms. The van der Waals surface area contributed by atoms with E-state index in [1.165, 1.54) is 35.1 Å². The Morgan fingerprint density at radius 2 is 2.16 bits per heavy atom. The Bertz CT molecular complexity index is 1200. The lowest BCUT2D eigenvalue weighted by molar-refractivity contribution is -0.131. The minimum atomic E-state index is -0.702. The van der Waals surface area contributed by atoms with E-state index >= 15 is 0 Å². The summed E-state index contributed by atoms with van der Waals surface area (Å²) >= 11 is 0. The van der Waals surface area contributed by atoms with Crippen molar-refractivity contribution in [2.24, 2.45) is 5.73 Å². The average molecular weight is 422 g/mol. The van der Waals surface area contributed by atoms with Crippen molar-refractivity contribution >= 4 is 23.3 Å². The van der Waals surface area contributed by atoms with Crippen LogP contribution in [0.5, 0.6) is 0 Å². The van der Waals surface area contributed by atoms with Crippen LogP contribution in [0.2, 0.25) is 0 Å². The fourth-order valence-electron chi connectivity index (χ4n) is 3.61. The monoisotopic (exact) mass is 422 g/mol. The Kier molecular flexibility index (Phi) is 5.44. The first-order valence-corrected chi connectivity index (χ1v) is 9.67. The normalized spacial score (nSPS) is 16.1. The van der Waals surface area contributed by atoms with E-state index in [-0.39, 0.29) is 35.6 Å². The van der Waals surface area contributed by atoms with Crippen molar-refractivity contribution in [3.8, 4) is 17.6 Å². The second-order valence-corrected chi connectivity index (χ2v) is 7.20. The third kappa shape index (κ3) is 4.13. The number of fused-ring (bicyclic) bond motifs is 1. The first kappa shape index (κ1) is 20.2. The summed E-state index contributed by atoms with van der Waals surface area (Å²) in [5.41, 5.74) is 6.56. The molecular formula is C20H19FN8O2. The molecule has 3 aromatic heterocycles. The zero-order valence-electron chi connectivity index (χ0n) is 16.5. The highest BCUT2D eigenvalue weighted by Gasteiger charge is 2.25. The lowest BCUT2D eigenvalue weighted by Gasteiger charge is -2.33. The van der Waals surface area contributed by atoms with E-state index in [0.717, 1.165) is 12.8 Å². The second-order valence-electron chi connectivity index (χ2n) is 7.20. The number of nitriles is 1. The molecule has 158 valence electrons. The highest BCUT2D eigenvalue weighted by atomic mass is 19.1. The number of carbonyl (C=O) groups is 2. The van der Waals surface area contributed by atoms with Gasteiger partial charge < -0.3 is 16.0 Å². The largest absolute Gasteiger partial charge is 0.365 e. The summed E-state index contributed by atoms with van der Waals surface area (Å²) in [4.78, 5) is 38.5. The van der Waals surface area contributed by atoms with E-state index in [0.29, 0.717) is 24.4 Å². The Morgan fingerprint density at radius 3 is 2.94 bits per heavy atom. The number of imidazole rings is 1. The van der Waals surface area contributed by atoms with Gasteiger partial charge in [-0.15, -0.1) is 0 Å². The number of nitrogens with two attached hydrogens (primary N) is 1. The van der Waals surface area contributed by atoms with E-state index in [9.17, 15) is 14.0 Å². The number of primary amides is 1. The summed E-state index contributed by atoms with van der Waals surface area (Å²) in [7, 11) is 0. The molecule has 4 rings (SSSR count). The number of anilines is 1. The van der Waals surface area contributed by atoms with E-state index in [1.54, 1.807) is 4.90 Å². The van der Waals surface area contributed by atoms with Crippen molar-refractivity contribution in [3.05, 3.63) is 42.1 Å². The lowest BCUT2D eigenvalue weighted by Crippen LogP contribution is -2.45. The van der Waals surface area contributed by atoms with Crippen molar-refractivity contribution in [1.29, 1.82) is 5.26 Å². The number of halogens is 1. The summed E-state index contributed by atoms with van der Waals surface area (Å²) in [6.07, 6.45) is 5.41. The van der Waals surface area contributed by atoms with Crippen LogP contribution in [0.1, 0.15) is 29.6 Å². The van der Waals surface area contributed by atoms with E-state index < -0.39 is 11.7 Å². The number of pyridine rings is 1. The van der Waals surface area contributed by atoms with Crippen LogP contribution in [0.15, 0.2) is 30.7 Å². The molecule has 3 N–H and O–H groups in total. The van der Waals surface area contributed by atoms with E-state index in [1.807, 2.05) is 6.07 Å². The lowest BCUT2D eigenvalue weighted by atomic mass is 10.0. The number of likely N-dealkylation sites (tertiary alicyclic amines) is 1. The predicted molar refractivity (Wildman–Crippen MR) is 108 cm³/mol. The van der Waals surface area contributed by atoms with Crippen molar-refractivity contribution < 1.29 is 14.0 Å². The average Bonchev–Trinajstić information content (AvgIpc) is 3.17. The number of piperidine rings is 1. The van der Waals surface area contributed by atoms with Crippen molar-refractivity contribution in [2.75, 3.05) is 18.4 Å². The van der Waals surface area contributed by atoms with Crippen LogP contribution in [0.3, 0.4) is 0 Å². The summed E-state index contributed by atoms with van der Waals surface area (Å²) in [5, 5.41) is 12.0. The smallest absolute Gasteiger partial charge is 0.254 e. The molecule has 11 heteroatoms. The van der Waals surface area contributed by atoms with E-state index in [4.69, 9.17) is 11.0 Å². The third-order valence-electron chi connectivity index (χ3n) is 5.10. The van der Waals surface area contributed by atoms with Gasteiger partial charge in [0.1, 0.15) is 29.4 Å². The van der Waals surface area contributed by atoms with Gasteiger partial charge in [-0.1, -0.05) is 0 Å². The molecule has 10 nitrogen and oxygen atoms in total. The molecule has 1 aliphatic rings. The van der Waals surface area contributed by atoms with Gasteiger partial charge in [-0.3, -0.25) is 14.0 Å². The van der Waals surface area contributed by atoms with Crippen molar-refractivity contribution in [1.82, 2.24) is 24.3 Å². The number of hydrogen-bond acceptors (Lipinski definition) is 7. The van der Waals surface area contributed by atoms with Crippen LogP contribution in [-0.2, 0) is 4.79 Å². The van der Waals surface area contributed by atoms with Crippen molar-refractivity contribution in [3.63, 3.8) is 0 Å². The summed E-state index contributed by atoms with van der Waals surface area (Å²) in [6, 6.07) is 4.52. The number of nitrogens with one attached hydrogen (secondary N) is 1. The second kappa shape index (κ2) is 8.35. The Balaban J connectivity index is 1.65. The SMILES string of the molecule is N#CCC(=O)N1CCCC(Nc2nc(-c3cnc4ccc(F)cn34)ncc2C(N)=O)C1. The molecule has 0 spiro atoms. The van der Waals surface area contributed by atoms with Gasteiger partial charge in [-0.05, 0) is 25.0 Å². The number of rotatable bonds is 5. The molecule has 1 saturated heterocycles. The summed E-state index contributed by atoms with van der Waals surface area (Å²) < 4.78 is 15.2. The quantitative estimate of drug-likeness (QED) is 0.632. The molecule has 0 aliphatic carbocycles. The highest BCUT2D eigenvalue weighted by molar-refractivity contribution is 5.97. The molecule has 31 heavy (non-hydrogen) atoms. The zero-order chi connectivity index (χ0) is 22.0.